The molecule has 0 heterocycles. The summed E-state index contributed by atoms with van der Waals surface area (Å²) in [5, 5.41) is 3.21. The molecule has 132 valence electrons. The number of nitrogens with one attached hydrogen (secondary N) is 2. The normalized spacial score (nSPS) is 14.4. The van der Waals surface area contributed by atoms with Crippen molar-refractivity contribution in [1.29, 1.82) is 0 Å². The first-order valence-electron chi connectivity index (χ1n) is 7.65. The second kappa shape index (κ2) is 6.74. The number of anilines is 1. The van der Waals surface area contributed by atoms with E-state index in [4.69, 9.17) is 11.6 Å². The van der Waals surface area contributed by atoms with Gasteiger partial charge in [0.2, 0.25) is 10.0 Å². The van der Waals surface area contributed by atoms with Gasteiger partial charge in [0.15, 0.2) is 0 Å². The van der Waals surface area contributed by atoms with Crippen LogP contribution in [0.15, 0.2) is 41.3 Å². The van der Waals surface area contributed by atoms with E-state index < -0.39 is 26.6 Å². The summed E-state index contributed by atoms with van der Waals surface area (Å²) in [5.41, 5.74) is 1.34. The van der Waals surface area contributed by atoms with E-state index in [0.29, 0.717) is 10.7 Å². The van der Waals surface area contributed by atoms with E-state index >= 15 is 0 Å². The van der Waals surface area contributed by atoms with Gasteiger partial charge < -0.3 is 5.32 Å². The summed E-state index contributed by atoms with van der Waals surface area (Å²) in [6.07, 6.45) is 1.47. The van der Waals surface area contributed by atoms with Gasteiger partial charge in [-0.25, -0.2) is 17.5 Å². The molecule has 1 aliphatic rings. The Labute approximate surface area is 150 Å². The lowest BCUT2D eigenvalue weighted by Crippen LogP contribution is -2.27. The Hall–Kier alpha value is -1.96. The number of hydrogen-bond acceptors (Lipinski definition) is 3. The molecule has 0 atom stereocenters. The van der Waals surface area contributed by atoms with Crippen LogP contribution in [0.4, 0.5) is 10.1 Å². The maximum Gasteiger partial charge on any atom is 0.255 e. The Kier molecular flexibility index (Phi) is 4.81. The average Bonchev–Trinajstić information content (AvgIpc) is 3.33. The van der Waals surface area contributed by atoms with E-state index in [9.17, 15) is 17.6 Å². The van der Waals surface area contributed by atoms with Gasteiger partial charge in [0.05, 0.1) is 0 Å². The van der Waals surface area contributed by atoms with Crippen LogP contribution in [0.1, 0.15) is 28.8 Å². The molecule has 2 N–H and O–H groups in total. The summed E-state index contributed by atoms with van der Waals surface area (Å²) in [5.74, 6) is -1.43. The molecule has 2 aromatic carbocycles. The third kappa shape index (κ3) is 4.18. The second-order valence-corrected chi connectivity index (χ2v) is 8.07. The molecular formula is C17H16ClFN2O3S. The lowest BCUT2D eigenvalue weighted by Gasteiger charge is -2.11. The van der Waals surface area contributed by atoms with Gasteiger partial charge in [-0.15, -0.1) is 0 Å². The molecule has 1 fully saturated rings. The highest BCUT2D eigenvalue weighted by Crippen LogP contribution is 2.25. The van der Waals surface area contributed by atoms with Crippen molar-refractivity contribution < 1.29 is 17.6 Å². The van der Waals surface area contributed by atoms with Gasteiger partial charge in [-0.1, -0.05) is 11.6 Å². The van der Waals surface area contributed by atoms with Crippen molar-refractivity contribution in [2.75, 3.05) is 5.32 Å². The minimum atomic E-state index is -3.99. The fourth-order valence-electron chi connectivity index (χ4n) is 2.30. The van der Waals surface area contributed by atoms with Crippen LogP contribution in [-0.4, -0.2) is 20.4 Å². The van der Waals surface area contributed by atoms with Gasteiger partial charge in [-0.3, -0.25) is 4.79 Å². The zero-order valence-corrected chi connectivity index (χ0v) is 14.9. The number of sulfonamides is 1. The Morgan fingerprint density at radius 1 is 1.20 bits per heavy atom. The van der Waals surface area contributed by atoms with Crippen molar-refractivity contribution >= 4 is 33.2 Å². The Balaban J connectivity index is 1.87. The minimum absolute atomic E-state index is 0.0481. The number of aryl methyl sites for hydroxylation is 1. The predicted molar refractivity (Wildman–Crippen MR) is 93.9 cm³/mol. The lowest BCUT2D eigenvalue weighted by molar-refractivity contribution is 0.102. The number of amides is 1. The number of hydrogen-bond donors (Lipinski definition) is 2. The van der Waals surface area contributed by atoms with E-state index in [1.165, 1.54) is 6.07 Å². The maximum absolute atomic E-state index is 14.0. The zero-order valence-electron chi connectivity index (χ0n) is 13.3. The van der Waals surface area contributed by atoms with Gasteiger partial charge in [-0.2, -0.15) is 0 Å². The third-order valence-corrected chi connectivity index (χ3v) is 5.59. The molecule has 0 aromatic heterocycles. The Bertz CT molecular complexity index is 943. The molecule has 25 heavy (non-hydrogen) atoms. The topological polar surface area (TPSA) is 75.3 Å². The van der Waals surface area contributed by atoms with Crippen molar-refractivity contribution in [3.63, 3.8) is 0 Å². The molecule has 5 nitrogen and oxygen atoms in total. The van der Waals surface area contributed by atoms with Crippen LogP contribution in [0.3, 0.4) is 0 Å². The number of halogens is 2. The van der Waals surface area contributed by atoms with Gasteiger partial charge in [0.25, 0.3) is 5.91 Å². The monoisotopic (exact) mass is 382 g/mol. The first kappa shape index (κ1) is 17.8. The Morgan fingerprint density at radius 2 is 1.92 bits per heavy atom. The number of benzene rings is 2. The fraction of sp³-hybridized carbons (Fsp3) is 0.235. The highest BCUT2D eigenvalue weighted by atomic mass is 35.5. The molecular weight excluding hydrogens is 367 g/mol. The molecule has 2 aromatic rings. The van der Waals surface area contributed by atoms with Gasteiger partial charge in [-0.05, 0) is 61.7 Å². The summed E-state index contributed by atoms with van der Waals surface area (Å²) in [7, 11) is -3.99. The third-order valence-electron chi connectivity index (χ3n) is 3.82. The molecule has 0 bridgehead atoms. The average molecular weight is 383 g/mol. The fourth-order valence-corrected chi connectivity index (χ4v) is 3.93. The largest absolute Gasteiger partial charge is 0.322 e. The summed E-state index contributed by atoms with van der Waals surface area (Å²) in [6, 6.07) is 8.07. The number of rotatable bonds is 5. The van der Waals surface area contributed by atoms with Crippen molar-refractivity contribution in [3.05, 3.63) is 58.4 Å². The molecule has 1 saturated carbocycles. The lowest BCUT2D eigenvalue weighted by atomic mass is 10.1. The van der Waals surface area contributed by atoms with Crippen molar-refractivity contribution in [1.82, 2.24) is 4.72 Å². The van der Waals surface area contributed by atoms with Crippen LogP contribution < -0.4 is 10.0 Å². The molecule has 0 unspecified atom stereocenters. The van der Waals surface area contributed by atoms with Crippen molar-refractivity contribution in [3.8, 4) is 0 Å². The molecule has 3 rings (SSSR count). The summed E-state index contributed by atoms with van der Waals surface area (Å²) >= 11 is 5.88. The van der Waals surface area contributed by atoms with Crippen LogP contribution in [0.5, 0.6) is 0 Å². The molecule has 1 aliphatic carbocycles. The van der Waals surface area contributed by atoms with Crippen molar-refractivity contribution in [2.24, 2.45) is 0 Å². The molecule has 0 radical (unpaired) electrons. The van der Waals surface area contributed by atoms with Crippen LogP contribution in [-0.2, 0) is 10.0 Å². The highest BCUT2D eigenvalue weighted by molar-refractivity contribution is 7.89. The zero-order chi connectivity index (χ0) is 18.2. The van der Waals surface area contributed by atoms with Gasteiger partial charge in [0, 0.05) is 22.3 Å². The molecule has 0 saturated heterocycles. The minimum Gasteiger partial charge on any atom is -0.322 e. The predicted octanol–water partition coefficient (Wildman–Crippen LogP) is 3.48. The smallest absolute Gasteiger partial charge is 0.255 e. The molecule has 1 amide bonds. The van der Waals surface area contributed by atoms with E-state index in [0.717, 1.165) is 30.5 Å². The van der Waals surface area contributed by atoms with Crippen LogP contribution >= 0.6 is 11.6 Å². The summed E-state index contributed by atoms with van der Waals surface area (Å²) < 4.78 is 40.8. The van der Waals surface area contributed by atoms with Crippen LogP contribution in [0.2, 0.25) is 5.02 Å². The second-order valence-electron chi connectivity index (χ2n) is 5.95. The molecule has 0 spiro atoms. The van der Waals surface area contributed by atoms with E-state index in [-0.39, 0.29) is 11.6 Å². The SMILES string of the molecule is Cc1cc(Cl)ccc1NC(=O)c1ccc(F)c(S(=O)(=O)NC2CC2)c1. The van der Waals surface area contributed by atoms with Crippen LogP contribution in [0.25, 0.3) is 0 Å². The molecule has 8 heteroatoms. The number of carbonyl (C=O) groups excluding carboxylic acids is 1. The first-order valence-corrected chi connectivity index (χ1v) is 9.52. The first-order chi connectivity index (χ1) is 11.8. The molecule has 0 aliphatic heterocycles. The summed E-state index contributed by atoms with van der Waals surface area (Å²) in [6.45, 7) is 1.78. The summed E-state index contributed by atoms with van der Waals surface area (Å²) in [4.78, 5) is 11.9. The van der Waals surface area contributed by atoms with Crippen LogP contribution in [0, 0.1) is 12.7 Å². The van der Waals surface area contributed by atoms with Crippen molar-refractivity contribution in [2.45, 2.75) is 30.7 Å². The number of carbonyl (C=O) groups is 1. The quantitative estimate of drug-likeness (QED) is 0.831. The van der Waals surface area contributed by atoms with E-state index in [1.54, 1.807) is 25.1 Å². The van der Waals surface area contributed by atoms with E-state index in [1.807, 2.05) is 0 Å². The standard InChI is InChI=1S/C17H16ClFN2O3S/c1-10-8-12(18)3-7-15(10)20-17(22)11-2-6-14(19)16(9-11)25(23,24)21-13-4-5-13/h2-3,6-9,13,21H,4-5H2,1H3,(H,20,22). The highest BCUT2D eigenvalue weighted by Gasteiger charge is 2.30. The van der Waals surface area contributed by atoms with E-state index in [2.05, 4.69) is 10.0 Å². The Morgan fingerprint density at radius 3 is 2.56 bits per heavy atom. The van der Waals surface area contributed by atoms with Gasteiger partial charge >= 0.3 is 0 Å². The van der Waals surface area contributed by atoms with Gasteiger partial charge in [0.1, 0.15) is 10.7 Å². The maximum atomic E-state index is 14.0.